The molecule has 0 aliphatic carbocycles. The molecule has 0 saturated heterocycles. The smallest absolute Gasteiger partial charge is 0.267 e. The fourth-order valence-corrected chi connectivity index (χ4v) is 0.667. The highest BCUT2D eigenvalue weighted by atomic mass is 19.4. The highest BCUT2D eigenvalue weighted by Gasteiger charge is 2.28. The Bertz CT molecular complexity index is 328. The minimum absolute atomic E-state index is 0.0622. The molecule has 0 saturated carbocycles. The average molecular weight is 221 g/mol. The van der Waals surface area contributed by atoms with Crippen LogP contribution in [0.15, 0.2) is 18.5 Å². The molecule has 0 aliphatic rings. The molecule has 0 atom stereocenters. The zero-order valence-electron chi connectivity index (χ0n) is 7.28. The summed E-state index contributed by atoms with van der Waals surface area (Å²) in [6.07, 6.45) is -2.14. The van der Waals surface area contributed by atoms with Crippen LogP contribution in [0.3, 0.4) is 0 Å². The van der Waals surface area contributed by atoms with Crippen molar-refractivity contribution in [2.75, 3.05) is 6.61 Å². The highest BCUT2D eigenvalue weighted by Crippen LogP contribution is 2.13. The SMILES string of the molecule is O=C(NOCC(F)(F)F)c1ccnnc1. The van der Waals surface area contributed by atoms with Crippen LogP contribution in [0.1, 0.15) is 10.4 Å². The van der Waals surface area contributed by atoms with Crippen LogP contribution in [0.4, 0.5) is 13.2 Å². The lowest BCUT2D eigenvalue weighted by Gasteiger charge is -2.07. The van der Waals surface area contributed by atoms with Crippen LogP contribution < -0.4 is 5.48 Å². The molecule has 1 aromatic heterocycles. The minimum Gasteiger partial charge on any atom is -0.267 e. The summed E-state index contributed by atoms with van der Waals surface area (Å²) in [4.78, 5) is 15.0. The molecule has 5 nitrogen and oxygen atoms in total. The first-order chi connectivity index (χ1) is 6.99. The van der Waals surface area contributed by atoms with E-state index < -0.39 is 18.7 Å². The van der Waals surface area contributed by atoms with E-state index in [1.165, 1.54) is 12.3 Å². The molecule has 8 heteroatoms. The van der Waals surface area contributed by atoms with Gasteiger partial charge in [0.25, 0.3) is 5.91 Å². The van der Waals surface area contributed by atoms with Crippen molar-refractivity contribution in [1.29, 1.82) is 0 Å². The fraction of sp³-hybridized carbons (Fsp3) is 0.286. The quantitative estimate of drug-likeness (QED) is 0.763. The molecule has 82 valence electrons. The van der Waals surface area contributed by atoms with Gasteiger partial charge in [-0.1, -0.05) is 0 Å². The van der Waals surface area contributed by atoms with Crippen molar-refractivity contribution in [3.05, 3.63) is 24.0 Å². The molecule has 1 N–H and O–H groups in total. The van der Waals surface area contributed by atoms with Gasteiger partial charge in [-0.25, -0.2) is 5.48 Å². The molecule has 0 unspecified atom stereocenters. The van der Waals surface area contributed by atoms with Gasteiger partial charge in [-0.15, -0.1) is 0 Å². The normalized spacial score (nSPS) is 11.1. The number of amides is 1. The Hall–Kier alpha value is -1.70. The van der Waals surface area contributed by atoms with E-state index in [2.05, 4.69) is 15.0 Å². The summed E-state index contributed by atoms with van der Waals surface area (Å²) in [6, 6.07) is 1.29. The van der Waals surface area contributed by atoms with Crippen LogP contribution in [0, 0.1) is 0 Å². The summed E-state index contributed by atoms with van der Waals surface area (Å²) in [6.45, 7) is -1.54. The van der Waals surface area contributed by atoms with Gasteiger partial charge in [0, 0.05) is 0 Å². The molecule has 0 aromatic carbocycles. The monoisotopic (exact) mass is 221 g/mol. The predicted molar refractivity (Wildman–Crippen MR) is 41.5 cm³/mol. The van der Waals surface area contributed by atoms with E-state index in [1.54, 1.807) is 5.48 Å². The topological polar surface area (TPSA) is 64.1 Å². The summed E-state index contributed by atoms with van der Waals surface area (Å²) in [5.41, 5.74) is 1.69. The molecule has 0 bridgehead atoms. The highest BCUT2D eigenvalue weighted by molar-refractivity contribution is 5.92. The third-order valence-electron chi connectivity index (χ3n) is 1.25. The average Bonchev–Trinajstić information content (AvgIpc) is 2.17. The van der Waals surface area contributed by atoms with Crippen molar-refractivity contribution in [1.82, 2.24) is 15.7 Å². The zero-order chi connectivity index (χ0) is 11.3. The maximum atomic E-state index is 11.6. The maximum absolute atomic E-state index is 11.6. The Morgan fingerprint density at radius 2 is 2.20 bits per heavy atom. The molecular formula is C7H6F3N3O2. The fourth-order valence-electron chi connectivity index (χ4n) is 0.667. The Labute approximate surface area is 82.2 Å². The number of hydroxylamine groups is 1. The van der Waals surface area contributed by atoms with Gasteiger partial charge >= 0.3 is 6.18 Å². The molecule has 0 fully saturated rings. The van der Waals surface area contributed by atoms with Gasteiger partial charge in [0.1, 0.15) is 0 Å². The number of nitrogens with one attached hydrogen (secondary N) is 1. The molecule has 1 heterocycles. The lowest BCUT2D eigenvalue weighted by Crippen LogP contribution is -2.29. The van der Waals surface area contributed by atoms with Crippen molar-refractivity contribution < 1.29 is 22.8 Å². The number of carbonyl (C=O) groups excluding carboxylic acids is 1. The number of aromatic nitrogens is 2. The Morgan fingerprint density at radius 3 is 2.73 bits per heavy atom. The van der Waals surface area contributed by atoms with E-state index in [0.717, 1.165) is 6.20 Å². The standard InChI is InChI=1S/C7H6F3N3O2/c8-7(9,10)4-15-13-6(14)5-1-2-11-12-3-5/h1-3H,4H2,(H,13,14). The Kier molecular flexibility index (Phi) is 3.56. The third kappa shape index (κ3) is 4.36. The van der Waals surface area contributed by atoms with Crippen molar-refractivity contribution in [3.63, 3.8) is 0 Å². The molecule has 0 spiro atoms. The number of rotatable bonds is 3. The van der Waals surface area contributed by atoms with E-state index in [9.17, 15) is 18.0 Å². The van der Waals surface area contributed by atoms with Crippen molar-refractivity contribution in [3.8, 4) is 0 Å². The lowest BCUT2D eigenvalue weighted by molar-refractivity contribution is -0.184. The van der Waals surface area contributed by atoms with Crippen LogP contribution in [-0.2, 0) is 4.84 Å². The number of halogens is 3. The van der Waals surface area contributed by atoms with E-state index in [1.807, 2.05) is 0 Å². The van der Waals surface area contributed by atoms with E-state index in [0.29, 0.717) is 0 Å². The zero-order valence-corrected chi connectivity index (χ0v) is 7.28. The summed E-state index contributed by atoms with van der Waals surface area (Å²) in [7, 11) is 0. The first-order valence-electron chi connectivity index (χ1n) is 3.74. The molecule has 1 amide bonds. The summed E-state index contributed by atoms with van der Waals surface area (Å²) < 4.78 is 34.8. The van der Waals surface area contributed by atoms with E-state index >= 15 is 0 Å². The predicted octanol–water partition coefficient (Wildman–Crippen LogP) is 0.700. The summed E-state index contributed by atoms with van der Waals surface area (Å²) in [5.74, 6) is -0.811. The number of hydrogen-bond acceptors (Lipinski definition) is 4. The van der Waals surface area contributed by atoms with Crippen LogP contribution in [0.2, 0.25) is 0 Å². The van der Waals surface area contributed by atoms with Crippen LogP contribution in [0.25, 0.3) is 0 Å². The molecule has 1 aromatic rings. The van der Waals surface area contributed by atoms with Crippen molar-refractivity contribution in [2.45, 2.75) is 6.18 Å². The lowest BCUT2D eigenvalue weighted by atomic mass is 10.3. The van der Waals surface area contributed by atoms with Gasteiger partial charge < -0.3 is 0 Å². The van der Waals surface area contributed by atoms with E-state index in [-0.39, 0.29) is 5.56 Å². The molecule has 0 radical (unpaired) electrons. The second-order valence-corrected chi connectivity index (χ2v) is 2.47. The minimum atomic E-state index is -4.48. The molecule has 1 rings (SSSR count). The number of carbonyl (C=O) groups is 1. The molecular weight excluding hydrogens is 215 g/mol. The molecule has 15 heavy (non-hydrogen) atoms. The van der Waals surface area contributed by atoms with Crippen LogP contribution in [0.5, 0.6) is 0 Å². The second kappa shape index (κ2) is 4.69. The first kappa shape index (κ1) is 11.4. The third-order valence-corrected chi connectivity index (χ3v) is 1.25. The van der Waals surface area contributed by atoms with Crippen LogP contribution >= 0.6 is 0 Å². The van der Waals surface area contributed by atoms with Gasteiger partial charge in [0.05, 0.1) is 18.0 Å². The number of hydrogen-bond donors (Lipinski definition) is 1. The summed E-state index contributed by atoms with van der Waals surface area (Å²) >= 11 is 0. The Balaban J connectivity index is 2.38. The molecule has 0 aliphatic heterocycles. The van der Waals surface area contributed by atoms with Gasteiger partial charge in [0.15, 0.2) is 6.61 Å². The second-order valence-electron chi connectivity index (χ2n) is 2.47. The number of nitrogens with zero attached hydrogens (tertiary/aromatic N) is 2. The van der Waals surface area contributed by atoms with Gasteiger partial charge in [-0.3, -0.25) is 9.63 Å². The first-order valence-corrected chi connectivity index (χ1v) is 3.74. The Morgan fingerprint density at radius 1 is 1.47 bits per heavy atom. The van der Waals surface area contributed by atoms with Gasteiger partial charge in [-0.05, 0) is 6.07 Å². The largest absolute Gasteiger partial charge is 0.414 e. The summed E-state index contributed by atoms with van der Waals surface area (Å²) in [5, 5.41) is 6.77. The van der Waals surface area contributed by atoms with Gasteiger partial charge in [-0.2, -0.15) is 23.4 Å². The van der Waals surface area contributed by atoms with Gasteiger partial charge in [0.2, 0.25) is 0 Å². The van der Waals surface area contributed by atoms with Crippen molar-refractivity contribution >= 4 is 5.91 Å². The van der Waals surface area contributed by atoms with E-state index in [4.69, 9.17) is 0 Å². The van der Waals surface area contributed by atoms with Crippen molar-refractivity contribution in [2.24, 2.45) is 0 Å². The van der Waals surface area contributed by atoms with Crippen LogP contribution in [-0.4, -0.2) is 28.9 Å². The number of alkyl halides is 3. The maximum Gasteiger partial charge on any atom is 0.414 e.